The summed E-state index contributed by atoms with van der Waals surface area (Å²) in [4.78, 5) is 34.1. The molecule has 0 aliphatic carbocycles. The summed E-state index contributed by atoms with van der Waals surface area (Å²) in [6.45, 7) is 1.76. The molecule has 0 spiro atoms. The van der Waals surface area contributed by atoms with Crippen molar-refractivity contribution in [2.24, 2.45) is 0 Å². The lowest BCUT2D eigenvalue weighted by Crippen LogP contribution is -2.21. The number of aliphatic carboxylic acids is 3. The van der Waals surface area contributed by atoms with Gasteiger partial charge in [0.2, 0.25) is 0 Å². The van der Waals surface area contributed by atoms with E-state index in [1.807, 2.05) is 0 Å². The highest BCUT2D eigenvalue weighted by Gasteiger charge is 2.33. The Morgan fingerprint density at radius 1 is 0.969 bits per heavy atom. The first kappa shape index (κ1) is 24.7. The molecule has 10 nitrogen and oxygen atoms in total. The summed E-state index contributed by atoms with van der Waals surface area (Å²) < 4.78 is 36.2. The molecular formula is C21H22O10S. The van der Waals surface area contributed by atoms with Gasteiger partial charge in [-0.25, -0.2) is 0 Å². The Hall–Kier alpha value is -3.60. The van der Waals surface area contributed by atoms with Crippen LogP contribution in [0.3, 0.4) is 0 Å². The standard InChI is InChI=1S/C21H22O10S/c1-12-3-7-14(8-4-12)32(28,29)31-20-16(30-2)9-5-13(6-10-17(22)23)19(20)15(21(26)27)11-18(24)25/h3-5,7-9,15H,6,10-11H2,1-2H3,(H,22,23)(H,24,25)(H,26,27)/t15-/m0/s1. The van der Waals surface area contributed by atoms with Gasteiger partial charge in [-0.05, 0) is 37.1 Å². The van der Waals surface area contributed by atoms with Gasteiger partial charge in [-0.1, -0.05) is 23.8 Å². The minimum Gasteiger partial charge on any atom is -0.493 e. The number of carbonyl (C=O) groups is 3. The first-order chi connectivity index (χ1) is 15.0. The molecule has 2 aromatic carbocycles. The third-order valence-corrected chi connectivity index (χ3v) is 5.84. The SMILES string of the molecule is COc1ccc(CCC(=O)O)c([C@H](CC(=O)O)C(=O)O)c1OS(=O)(=O)c1ccc(C)cc1. The zero-order chi connectivity index (χ0) is 24.1. The van der Waals surface area contributed by atoms with E-state index in [9.17, 15) is 33.0 Å². The topological polar surface area (TPSA) is 164 Å². The van der Waals surface area contributed by atoms with E-state index in [-0.39, 0.29) is 28.2 Å². The Kier molecular flexibility index (Phi) is 7.82. The normalized spacial score (nSPS) is 12.1. The second-order valence-electron chi connectivity index (χ2n) is 6.90. The Balaban J connectivity index is 2.73. The predicted molar refractivity (Wildman–Crippen MR) is 111 cm³/mol. The lowest BCUT2D eigenvalue weighted by atomic mass is 9.88. The van der Waals surface area contributed by atoms with Crippen molar-refractivity contribution >= 4 is 28.0 Å². The second-order valence-corrected chi connectivity index (χ2v) is 8.45. The Bertz CT molecular complexity index is 1120. The van der Waals surface area contributed by atoms with Crippen LogP contribution in [-0.4, -0.2) is 48.8 Å². The Morgan fingerprint density at radius 3 is 2.09 bits per heavy atom. The van der Waals surface area contributed by atoms with Crippen molar-refractivity contribution in [3.63, 3.8) is 0 Å². The molecule has 0 fully saturated rings. The maximum atomic E-state index is 12.9. The zero-order valence-electron chi connectivity index (χ0n) is 17.3. The average molecular weight is 466 g/mol. The van der Waals surface area contributed by atoms with Crippen LogP contribution in [-0.2, 0) is 30.9 Å². The number of rotatable bonds is 11. The molecule has 32 heavy (non-hydrogen) atoms. The molecule has 0 unspecified atom stereocenters. The highest BCUT2D eigenvalue weighted by atomic mass is 32.2. The minimum absolute atomic E-state index is 0.121. The van der Waals surface area contributed by atoms with Gasteiger partial charge in [0.1, 0.15) is 4.90 Å². The number of hydrogen-bond acceptors (Lipinski definition) is 7. The quantitative estimate of drug-likeness (QED) is 0.419. The van der Waals surface area contributed by atoms with Crippen LogP contribution >= 0.6 is 0 Å². The number of aryl methyl sites for hydroxylation is 2. The fraction of sp³-hybridized carbons (Fsp3) is 0.286. The van der Waals surface area contributed by atoms with Crippen molar-refractivity contribution in [2.75, 3.05) is 7.11 Å². The van der Waals surface area contributed by atoms with Crippen molar-refractivity contribution in [1.82, 2.24) is 0 Å². The lowest BCUT2D eigenvalue weighted by Gasteiger charge is -2.21. The van der Waals surface area contributed by atoms with E-state index >= 15 is 0 Å². The molecule has 2 rings (SSSR count). The highest BCUT2D eigenvalue weighted by Crippen LogP contribution is 2.42. The van der Waals surface area contributed by atoms with Gasteiger partial charge in [-0.15, -0.1) is 0 Å². The van der Waals surface area contributed by atoms with Crippen LogP contribution in [0.5, 0.6) is 11.5 Å². The molecule has 0 aromatic heterocycles. The first-order valence-electron chi connectivity index (χ1n) is 9.33. The maximum absolute atomic E-state index is 12.9. The molecule has 2 aromatic rings. The van der Waals surface area contributed by atoms with Crippen LogP contribution in [0.25, 0.3) is 0 Å². The smallest absolute Gasteiger partial charge is 0.339 e. The van der Waals surface area contributed by atoms with Gasteiger partial charge in [0, 0.05) is 12.0 Å². The van der Waals surface area contributed by atoms with Gasteiger partial charge in [0.05, 0.1) is 19.4 Å². The Labute approximate surface area is 184 Å². The minimum atomic E-state index is -4.46. The summed E-state index contributed by atoms with van der Waals surface area (Å²) in [6.07, 6.45) is -1.47. The predicted octanol–water partition coefficient (Wildman–Crippen LogP) is 2.43. The van der Waals surface area contributed by atoms with Crippen LogP contribution in [0.1, 0.15) is 35.4 Å². The summed E-state index contributed by atoms with van der Waals surface area (Å²) in [5.74, 6) is -6.52. The first-order valence-corrected chi connectivity index (χ1v) is 10.7. The van der Waals surface area contributed by atoms with Crippen LogP contribution in [0.4, 0.5) is 0 Å². The van der Waals surface area contributed by atoms with Gasteiger partial charge >= 0.3 is 28.0 Å². The van der Waals surface area contributed by atoms with Crippen molar-refractivity contribution in [3.8, 4) is 11.5 Å². The van der Waals surface area contributed by atoms with Crippen LogP contribution < -0.4 is 8.92 Å². The summed E-state index contributed by atoms with van der Waals surface area (Å²) in [5, 5.41) is 27.9. The van der Waals surface area contributed by atoms with Crippen molar-refractivity contribution < 1.29 is 47.0 Å². The monoisotopic (exact) mass is 466 g/mol. The number of benzene rings is 2. The number of carboxylic acids is 3. The lowest BCUT2D eigenvalue weighted by molar-refractivity contribution is -0.145. The summed E-state index contributed by atoms with van der Waals surface area (Å²) in [5.41, 5.74) is 0.650. The zero-order valence-corrected chi connectivity index (χ0v) is 18.1. The van der Waals surface area contributed by atoms with Gasteiger partial charge in [0.15, 0.2) is 11.5 Å². The summed E-state index contributed by atoms with van der Waals surface area (Å²) >= 11 is 0. The molecule has 172 valence electrons. The molecule has 0 bridgehead atoms. The molecule has 1 atom stereocenters. The molecule has 11 heteroatoms. The van der Waals surface area contributed by atoms with E-state index < -0.39 is 52.5 Å². The molecule has 0 radical (unpaired) electrons. The van der Waals surface area contributed by atoms with Crippen LogP contribution in [0.15, 0.2) is 41.3 Å². The van der Waals surface area contributed by atoms with E-state index in [2.05, 4.69) is 0 Å². The fourth-order valence-corrected chi connectivity index (χ4v) is 4.02. The van der Waals surface area contributed by atoms with Gasteiger partial charge in [0.25, 0.3) is 0 Å². The van der Waals surface area contributed by atoms with Crippen molar-refractivity contribution in [1.29, 1.82) is 0 Å². The molecule has 0 amide bonds. The van der Waals surface area contributed by atoms with E-state index in [0.29, 0.717) is 0 Å². The number of hydrogen-bond donors (Lipinski definition) is 3. The molecule has 0 saturated carbocycles. The van der Waals surface area contributed by atoms with E-state index in [4.69, 9.17) is 14.0 Å². The molecule has 0 heterocycles. The van der Waals surface area contributed by atoms with Crippen molar-refractivity contribution in [2.45, 2.75) is 37.0 Å². The summed E-state index contributed by atoms with van der Waals surface area (Å²) in [6, 6.07) is 8.36. The third-order valence-electron chi connectivity index (χ3n) is 4.61. The summed E-state index contributed by atoms with van der Waals surface area (Å²) in [7, 11) is -3.25. The number of carboxylic acid groups (broad SMARTS) is 3. The van der Waals surface area contributed by atoms with Crippen molar-refractivity contribution in [3.05, 3.63) is 53.1 Å². The second kappa shape index (κ2) is 10.1. The van der Waals surface area contributed by atoms with Crippen LogP contribution in [0, 0.1) is 6.92 Å². The van der Waals surface area contributed by atoms with Gasteiger partial charge in [-0.3, -0.25) is 14.4 Å². The highest BCUT2D eigenvalue weighted by molar-refractivity contribution is 7.87. The van der Waals surface area contributed by atoms with Gasteiger partial charge < -0.3 is 24.2 Å². The van der Waals surface area contributed by atoms with Crippen LogP contribution in [0.2, 0.25) is 0 Å². The number of methoxy groups -OCH3 is 1. The Morgan fingerprint density at radius 2 is 1.59 bits per heavy atom. The number of ether oxygens (including phenoxy) is 1. The molecule has 0 aliphatic rings. The largest absolute Gasteiger partial charge is 0.493 e. The molecule has 0 aliphatic heterocycles. The fourth-order valence-electron chi connectivity index (χ4n) is 3.06. The van der Waals surface area contributed by atoms with E-state index in [0.717, 1.165) is 5.56 Å². The molecule has 0 saturated heterocycles. The van der Waals surface area contributed by atoms with E-state index in [1.54, 1.807) is 19.1 Å². The average Bonchev–Trinajstić information content (AvgIpc) is 2.70. The van der Waals surface area contributed by atoms with E-state index in [1.165, 1.54) is 31.4 Å². The molecular weight excluding hydrogens is 444 g/mol. The molecule has 3 N–H and O–H groups in total. The maximum Gasteiger partial charge on any atom is 0.339 e. The third kappa shape index (κ3) is 5.97. The van der Waals surface area contributed by atoms with Gasteiger partial charge in [-0.2, -0.15) is 8.42 Å².